The van der Waals surface area contributed by atoms with Crippen LogP contribution in [0.1, 0.15) is 39.2 Å². The predicted molar refractivity (Wildman–Crippen MR) is 130 cm³/mol. The van der Waals surface area contributed by atoms with E-state index in [1.165, 1.54) is 6.07 Å². The number of ether oxygens (including phenoxy) is 2. The first-order valence-electron chi connectivity index (χ1n) is 11.8. The lowest BCUT2D eigenvalue weighted by atomic mass is 10.1. The first kappa shape index (κ1) is 28.0. The number of aliphatic carboxylic acids is 1. The first-order valence-corrected chi connectivity index (χ1v) is 11.8. The van der Waals surface area contributed by atoms with E-state index in [9.17, 15) is 23.5 Å². The zero-order valence-electron chi connectivity index (χ0n) is 20.4. The van der Waals surface area contributed by atoms with Crippen LogP contribution in [-0.4, -0.2) is 54.4 Å². The minimum atomic E-state index is -1.03. The second-order valence-electron chi connectivity index (χ2n) is 8.56. The smallest absolute Gasteiger partial charge is 0.333 e. The third-order valence-corrected chi connectivity index (χ3v) is 5.29. The van der Waals surface area contributed by atoms with Crippen molar-refractivity contribution in [1.82, 2.24) is 4.90 Å². The SMILES string of the molecule is CCOC(Cc1ccc(OCCN(CCCC(C)C)C(=O)Nc2ccc(F)c(F)c2)cc1)C(=O)O. The lowest BCUT2D eigenvalue weighted by Gasteiger charge is -2.24. The van der Waals surface area contributed by atoms with Crippen LogP contribution < -0.4 is 10.1 Å². The normalized spacial score (nSPS) is 11.8. The largest absolute Gasteiger partial charge is 0.492 e. The molecule has 0 fully saturated rings. The Morgan fingerprint density at radius 3 is 2.37 bits per heavy atom. The number of carbonyl (C=O) groups excluding carboxylic acids is 1. The Labute approximate surface area is 205 Å². The van der Waals surface area contributed by atoms with Gasteiger partial charge < -0.3 is 24.8 Å². The highest BCUT2D eigenvalue weighted by Gasteiger charge is 2.18. The molecule has 2 aromatic carbocycles. The van der Waals surface area contributed by atoms with Crippen molar-refractivity contribution >= 4 is 17.7 Å². The number of nitrogens with one attached hydrogen (secondary N) is 1. The van der Waals surface area contributed by atoms with Gasteiger partial charge >= 0.3 is 12.0 Å². The van der Waals surface area contributed by atoms with E-state index in [1.54, 1.807) is 36.1 Å². The highest BCUT2D eigenvalue weighted by molar-refractivity contribution is 5.89. The molecule has 2 N–H and O–H groups in total. The Hall–Kier alpha value is -3.20. The van der Waals surface area contributed by atoms with E-state index in [0.29, 0.717) is 31.4 Å². The van der Waals surface area contributed by atoms with Gasteiger partial charge in [-0.25, -0.2) is 18.4 Å². The summed E-state index contributed by atoms with van der Waals surface area (Å²) in [5.41, 5.74) is 0.977. The molecule has 0 radical (unpaired) electrons. The van der Waals surface area contributed by atoms with Crippen LogP contribution >= 0.6 is 0 Å². The number of amides is 2. The molecule has 1 atom stereocenters. The Morgan fingerprint density at radius 2 is 1.77 bits per heavy atom. The van der Waals surface area contributed by atoms with Crippen LogP contribution in [-0.2, 0) is 16.0 Å². The molecule has 35 heavy (non-hydrogen) atoms. The van der Waals surface area contributed by atoms with E-state index in [0.717, 1.165) is 30.5 Å². The van der Waals surface area contributed by atoms with E-state index < -0.39 is 29.7 Å². The van der Waals surface area contributed by atoms with Gasteiger partial charge in [0.1, 0.15) is 12.4 Å². The maximum atomic E-state index is 13.5. The molecule has 0 aliphatic rings. The van der Waals surface area contributed by atoms with Crippen molar-refractivity contribution < 1.29 is 33.0 Å². The molecular weight excluding hydrogens is 458 g/mol. The number of hydrogen-bond donors (Lipinski definition) is 2. The Kier molecular flexibility index (Phi) is 11.4. The number of carboxylic acids is 1. The quantitative estimate of drug-likeness (QED) is 0.371. The van der Waals surface area contributed by atoms with Crippen molar-refractivity contribution in [2.45, 2.75) is 46.1 Å². The van der Waals surface area contributed by atoms with Gasteiger partial charge in [-0.3, -0.25) is 0 Å². The van der Waals surface area contributed by atoms with Crippen molar-refractivity contribution in [2.75, 3.05) is 31.6 Å². The van der Waals surface area contributed by atoms with Gasteiger partial charge in [-0.2, -0.15) is 0 Å². The molecular formula is C26H34F2N2O5. The molecule has 0 heterocycles. The van der Waals surface area contributed by atoms with Crippen molar-refractivity contribution in [2.24, 2.45) is 5.92 Å². The fraction of sp³-hybridized carbons (Fsp3) is 0.462. The molecule has 0 saturated carbocycles. The van der Waals surface area contributed by atoms with E-state index in [4.69, 9.17) is 9.47 Å². The predicted octanol–water partition coefficient (Wildman–Crippen LogP) is 5.35. The first-order chi connectivity index (χ1) is 16.7. The molecule has 2 aromatic rings. The van der Waals surface area contributed by atoms with Crippen LogP contribution in [0.25, 0.3) is 0 Å². The third-order valence-electron chi connectivity index (χ3n) is 5.29. The monoisotopic (exact) mass is 492 g/mol. The van der Waals surface area contributed by atoms with Gasteiger partial charge in [-0.1, -0.05) is 26.0 Å². The van der Waals surface area contributed by atoms with Crippen LogP contribution in [0.3, 0.4) is 0 Å². The topological polar surface area (TPSA) is 88.1 Å². The van der Waals surface area contributed by atoms with Crippen molar-refractivity contribution in [3.63, 3.8) is 0 Å². The number of rotatable bonds is 14. The maximum absolute atomic E-state index is 13.5. The molecule has 2 amide bonds. The molecule has 1 unspecified atom stereocenters. The Balaban J connectivity index is 1.93. The minimum Gasteiger partial charge on any atom is -0.492 e. The zero-order valence-corrected chi connectivity index (χ0v) is 20.4. The number of hydrogen-bond acceptors (Lipinski definition) is 4. The zero-order chi connectivity index (χ0) is 25.8. The maximum Gasteiger partial charge on any atom is 0.333 e. The summed E-state index contributed by atoms with van der Waals surface area (Å²) in [6.07, 6.45) is 1.08. The number of anilines is 1. The summed E-state index contributed by atoms with van der Waals surface area (Å²) in [5, 5.41) is 11.8. The highest BCUT2D eigenvalue weighted by Crippen LogP contribution is 2.16. The van der Waals surface area contributed by atoms with Crippen LogP contribution in [0.4, 0.5) is 19.3 Å². The summed E-state index contributed by atoms with van der Waals surface area (Å²) in [6, 6.07) is 9.83. The third kappa shape index (κ3) is 9.90. The summed E-state index contributed by atoms with van der Waals surface area (Å²) < 4.78 is 37.7. The minimum absolute atomic E-state index is 0.172. The summed E-state index contributed by atoms with van der Waals surface area (Å²) >= 11 is 0. The number of benzene rings is 2. The van der Waals surface area contributed by atoms with E-state index in [-0.39, 0.29) is 18.7 Å². The Morgan fingerprint density at radius 1 is 1.06 bits per heavy atom. The van der Waals surface area contributed by atoms with Crippen molar-refractivity contribution in [3.8, 4) is 5.75 Å². The second-order valence-corrected chi connectivity index (χ2v) is 8.56. The number of nitrogens with zero attached hydrogens (tertiary/aromatic N) is 1. The van der Waals surface area contributed by atoms with Crippen molar-refractivity contribution in [1.29, 1.82) is 0 Å². The molecule has 0 bridgehead atoms. The standard InChI is InChI=1S/C26H34F2N2O5/c1-4-34-24(25(31)32)16-19-7-10-21(11-8-19)35-15-14-30(13-5-6-18(2)3)26(33)29-20-9-12-22(27)23(28)17-20/h7-12,17-18,24H,4-6,13-16H2,1-3H3,(H,29,33)(H,31,32). The number of carbonyl (C=O) groups is 2. The Bertz CT molecular complexity index is 953. The van der Waals surface area contributed by atoms with Crippen LogP contribution in [0.5, 0.6) is 5.75 Å². The van der Waals surface area contributed by atoms with Gasteiger partial charge in [-0.05, 0) is 55.5 Å². The van der Waals surface area contributed by atoms with E-state index >= 15 is 0 Å². The molecule has 0 aromatic heterocycles. The average Bonchev–Trinajstić information content (AvgIpc) is 2.81. The van der Waals surface area contributed by atoms with Gasteiger partial charge in [0.05, 0.1) is 6.54 Å². The summed E-state index contributed by atoms with van der Waals surface area (Å²) in [7, 11) is 0. The van der Waals surface area contributed by atoms with Crippen LogP contribution in [0.15, 0.2) is 42.5 Å². The molecule has 2 rings (SSSR count). The van der Waals surface area contributed by atoms with E-state index in [2.05, 4.69) is 19.2 Å². The summed E-state index contributed by atoms with van der Waals surface area (Å²) in [5.74, 6) is -1.94. The number of urea groups is 1. The lowest BCUT2D eigenvalue weighted by molar-refractivity contribution is -0.149. The van der Waals surface area contributed by atoms with E-state index in [1.807, 2.05) is 0 Å². The van der Waals surface area contributed by atoms with Crippen LogP contribution in [0, 0.1) is 17.6 Å². The van der Waals surface area contributed by atoms with Crippen LogP contribution in [0.2, 0.25) is 0 Å². The molecule has 192 valence electrons. The fourth-order valence-electron chi connectivity index (χ4n) is 3.41. The fourth-order valence-corrected chi connectivity index (χ4v) is 3.41. The number of carboxylic acid groups (broad SMARTS) is 1. The highest BCUT2D eigenvalue weighted by atomic mass is 19.2. The summed E-state index contributed by atoms with van der Waals surface area (Å²) in [6.45, 7) is 7.28. The lowest BCUT2D eigenvalue weighted by Crippen LogP contribution is -2.38. The molecule has 0 aliphatic carbocycles. The van der Waals surface area contributed by atoms with Gasteiger partial charge in [0.2, 0.25) is 0 Å². The molecule has 7 nitrogen and oxygen atoms in total. The molecule has 0 aliphatic heterocycles. The second kappa shape index (κ2) is 14.3. The van der Waals surface area contributed by atoms with Gasteiger partial charge in [0, 0.05) is 31.3 Å². The molecule has 0 spiro atoms. The molecule has 9 heteroatoms. The average molecular weight is 493 g/mol. The van der Waals surface area contributed by atoms with Gasteiger partial charge in [0.15, 0.2) is 17.7 Å². The summed E-state index contributed by atoms with van der Waals surface area (Å²) in [4.78, 5) is 25.6. The van der Waals surface area contributed by atoms with Gasteiger partial charge in [-0.15, -0.1) is 0 Å². The molecule has 0 saturated heterocycles. The van der Waals surface area contributed by atoms with Gasteiger partial charge in [0.25, 0.3) is 0 Å². The number of halogens is 2. The van der Waals surface area contributed by atoms with Crippen molar-refractivity contribution in [3.05, 3.63) is 59.7 Å².